The van der Waals surface area contributed by atoms with Crippen LogP contribution in [0.3, 0.4) is 0 Å². The average molecular weight is 721 g/mol. The number of morpholine rings is 1. The van der Waals surface area contributed by atoms with E-state index in [4.69, 9.17) is 28.4 Å². The lowest BCUT2D eigenvalue weighted by molar-refractivity contribution is -0.143. The van der Waals surface area contributed by atoms with Crippen LogP contribution < -0.4 is 20.1 Å². The molecule has 0 bridgehead atoms. The summed E-state index contributed by atoms with van der Waals surface area (Å²) in [6, 6.07) is 5.11. The fourth-order valence-corrected chi connectivity index (χ4v) is 6.69. The number of carbonyl (C=O) groups is 2. The van der Waals surface area contributed by atoms with Crippen molar-refractivity contribution in [1.29, 1.82) is 0 Å². The first-order chi connectivity index (χ1) is 24.0. The molecule has 0 spiro atoms. The lowest BCUT2D eigenvalue weighted by Crippen LogP contribution is -2.59. The Morgan fingerprint density at radius 3 is 2.33 bits per heavy atom. The third kappa shape index (κ3) is 14.0. The van der Waals surface area contributed by atoms with Gasteiger partial charge in [-0.2, -0.15) is 0 Å². The molecule has 292 valence electrons. The van der Waals surface area contributed by atoms with Crippen LogP contribution >= 0.6 is 0 Å². The second-order valence-electron chi connectivity index (χ2n) is 16.1. The van der Waals surface area contributed by atoms with Gasteiger partial charge in [0.05, 0.1) is 39.1 Å². The molecule has 2 saturated heterocycles. The number of rotatable bonds is 19. The van der Waals surface area contributed by atoms with E-state index in [0.29, 0.717) is 69.9 Å². The number of benzene rings is 1. The van der Waals surface area contributed by atoms with E-state index in [9.17, 15) is 9.59 Å². The lowest BCUT2D eigenvalue weighted by Gasteiger charge is -2.42. The molecule has 2 aliphatic heterocycles. The van der Waals surface area contributed by atoms with Crippen LogP contribution in [0.2, 0.25) is 0 Å². The summed E-state index contributed by atoms with van der Waals surface area (Å²) in [4.78, 5) is 32.3. The second kappa shape index (κ2) is 20.0. The average Bonchev–Trinajstić information content (AvgIpc) is 3.43. The largest absolute Gasteiger partial charge is 0.493 e. The van der Waals surface area contributed by atoms with E-state index in [1.165, 1.54) is 0 Å². The summed E-state index contributed by atoms with van der Waals surface area (Å²) in [5.74, 6) is 1.62. The quantitative estimate of drug-likeness (QED) is 0.187. The predicted octanol–water partition coefficient (Wildman–Crippen LogP) is 5.12. The van der Waals surface area contributed by atoms with Gasteiger partial charge in [-0.25, -0.2) is 4.79 Å². The van der Waals surface area contributed by atoms with Gasteiger partial charge in [-0.3, -0.25) is 15.0 Å². The number of hydrogen-bond acceptors (Lipinski definition) is 10. The lowest BCUT2D eigenvalue weighted by atomic mass is 9.82. The molecule has 0 aliphatic carbocycles. The summed E-state index contributed by atoms with van der Waals surface area (Å²) in [6.45, 7) is 23.8. The molecule has 2 fully saturated rings. The number of ether oxygens (including phenoxy) is 6. The first kappa shape index (κ1) is 42.8. The summed E-state index contributed by atoms with van der Waals surface area (Å²) in [7, 11) is 3.34. The Morgan fingerprint density at radius 1 is 1.06 bits per heavy atom. The molecular formula is C39H68N4O8. The number of nitrogens with one attached hydrogen (secondary N) is 2. The minimum Gasteiger partial charge on any atom is -0.493 e. The van der Waals surface area contributed by atoms with Crippen LogP contribution in [0, 0.1) is 17.8 Å². The second-order valence-corrected chi connectivity index (χ2v) is 16.1. The maximum atomic E-state index is 14.9. The topological polar surface area (TPSA) is 120 Å². The van der Waals surface area contributed by atoms with Crippen molar-refractivity contribution in [2.45, 2.75) is 111 Å². The Morgan fingerprint density at radius 2 is 1.76 bits per heavy atom. The molecular weight excluding hydrogens is 652 g/mol. The van der Waals surface area contributed by atoms with Gasteiger partial charge in [-0.1, -0.05) is 33.8 Å². The minimum atomic E-state index is -0.772. The monoisotopic (exact) mass is 721 g/mol. The van der Waals surface area contributed by atoms with Crippen LogP contribution in [0.4, 0.5) is 4.79 Å². The van der Waals surface area contributed by atoms with Crippen LogP contribution in [0.15, 0.2) is 18.2 Å². The zero-order valence-corrected chi connectivity index (χ0v) is 33.3. The molecule has 0 radical (unpaired) electrons. The molecule has 1 aromatic rings. The normalized spacial score (nSPS) is 19.8. The van der Waals surface area contributed by atoms with Gasteiger partial charge in [0.15, 0.2) is 11.5 Å². The first-order valence-electron chi connectivity index (χ1n) is 18.8. The van der Waals surface area contributed by atoms with Crippen molar-refractivity contribution in [2.75, 3.05) is 73.4 Å². The van der Waals surface area contributed by atoms with Crippen molar-refractivity contribution < 1.29 is 38.0 Å². The third-order valence-electron chi connectivity index (χ3n) is 9.62. The van der Waals surface area contributed by atoms with Crippen molar-refractivity contribution in [3.63, 3.8) is 0 Å². The zero-order chi connectivity index (χ0) is 37.8. The van der Waals surface area contributed by atoms with Gasteiger partial charge in [0.2, 0.25) is 5.91 Å². The predicted molar refractivity (Wildman–Crippen MR) is 199 cm³/mol. The van der Waals surface area contributed by atoms with Crippen LogP contribution in [-0.2, 0) is 30.2 Å². The van der Waals surface area contributed by atoms with E-state index >= 15 is 0 Å². The maximum absolute atomic E-state index is 14.9. The van der Waals surface area contributed by atoms with E-state index in [0.717, 1.165) is 31.5 Å². The van der Waals surface area contributed by atoms with Gasteiger partial charge in [-0.05, 0) is 82.9 Å². The van der Waals surface area contributed by atoms with E-state index < -0.39 is 23.5 Å². The van der Waals surface area contributed by atoms with Gasteiger partial charge in [0, 0.05) is 52.9 Å². The molecule has 4 atom stereocenters. The summed E-state index contributed by atoms with van der Waals surface area (Å²) in [6.07, 6.45) is 1.42. The fraction of sp³-hybridized carbons (Fsp3) is 0.795. The van der Waals surface area contributed by atoms with Crippen molar-refractivity contribution >= 4 is 12.0 Å². The van der Waals surface area contributed by atoms with Crippen molar-refractivity contribution in [3.05, 3.63) is 23.8 Å². The number of hydrogen-bond donors (Lipinski definition) is 2. The molecule has 2 N–H and O–H groups in total. The molecule has 3 rings (SSSR count). The van der Waals surface area contributed by atoms with Gasteiger partial charge < -0.3 is 38.6 Å². The molecule has 0 aromatic heterocycles. The van der Waals surface area contributed by atoms with Crippen LogP contribution in [0.1, 0.15) is 80.7 Å². The highest BCUT2D eigenvalue weighted by molar-refractivity contribution is 5.86. The molecule has 12 nitrogen and oxygen atoms in total. The highest BCUT2D eigenvalue weighted by Gasteiger charge is 2.43. The number of alkyl carbamates (subject to hydrolysis) is 1. The molecule has 12 heteroatoms. The standard InChI is InChI=1S/C39H68N4O8/c1-27(2)30(23-29-13-14-32(47-11)33(24-29)49-20-12-19-46-10)25-31(34-26-40-39(8,9)50-34)43(16-15-42-17-21-48-22-18-42)36(44)35(28(3)4)41-37(45)51-38(5,6)7/h13-14,24,27-28,30-31,34-35,40H,12,15-23,25-26H2,1-11H3,(H,41,45)/t30-,31?,34-,35-/m0/s1. The summed E-state index contributed by atoms with van der Waals surface area (Å²) in [5, 5.41) is 6.45. The molecule has 2 amide bonds. The van der Waals surface area contributed by atoms with Crippen molar-refractivity contribution in [3.8, 4) is 11.5 Å². The smallest absolute Gasteiger partial charge is 0.408 e. The highest BCUT2D eigenvalue weighted by Crippen LogP contribution is 2.34. The number of amides is 2. The number of methoxy groups -OCH3 is 2. The maximum Gasteiger partial charge on any atom is 0.408 e. The van der Waals surface area contributed by atoms with E-state index in [1.54, 1.807) is 14.2 Å². The molecule has 1 aromatic carbocycles. The van der Waals surface area contributed by atoms with Crippen LogP contribution in [-0.4, -0.2) is 125 Å². The number of carbonyl (C=O) groups excluding carboxylic acids is 2. The summed E-state index contributed by atoms with van der Waals surface area (Å²) in [5.41, 5.74) is -0.0892. The zero-order valence-electron chi connectivity index (χ0n) is 33.3. The van der Waals surface area contributed by atoms with Crippen molar-refractivity contribution in [2.24, 2.45) is 17.8 Å². The molecule has 2 heterocycles. The van der Waals surface area contributed by atoms with Gasteiger partial charge in [0.1, 0.15) is 17.4 Å². The SMILES string of the molecule is COCCCOc1cc(C[C@@H](CC([C@@H]2CNC(C)(C)O2)N(CCN2CCOCC2)C(=O)[C@@H](NC(=O)OC(C)(C)C)C(C)C)C(C)C)ccc1OC. The third-order valence-corrected chi connectivity index (χ3v) is 9.62. The molecule has 1 unspecified atom stereocenters. The van der Waals surface area contributed by atoms with E-state index in [1.807, 2.05) is 59.4 Å². The van der Waals surface area contributed by atoms with Crippen LogP contribution in [0.5, 0.6) is 11.5 Å². The fourth-order valence-electron chi connectivity index (χ4n) is 6.69. The molecule has 0 saturated carbocycles. The van der Waals surface area contributed by atoms with Crippen molar-refractivity contribution in [1.82, 2.24) is 20.4 Å². The van der Waals surface area contributed by atoms with E-state index in [2.05, 4.69) is 41.5 Å². The summed E-state index contributed by atoms with van der Waals surface area (Å²) >= 11 is 0. The Bertz CT molecular complexity index is 1210. The van der Waals surface area contributed by atoms with Gasteiger partial charge in [0.25, 0.3) is 0 Å². The molecule has 51 heavy (non-hydrogen) atoms. The Labute approximate surface area is 307 Å². The Balaban J connectivity index is 1.99. The molecule has 2 aliphatic rings. The first-order valence-corrected chi connectivity index (χ1v) is 18.8. The van der Waals surface area contributed by atoms with Gasteiger partial charge in [-0.15, -0.1) is 0 Å². The van der Waals surface area contributed by atoms with E-state index in [-0.39, 0.29) is 29.9 Å². The minimum absolute atomic E-state index is 0.124. The summed E-state index contributed by atoms with van der Waals surface area (Å²) < 4.78 is 34.8. The highest BCUT2D eigenvalue weighted by atomic mass is 16.6. The number of nitrogens with zero attached hydrogens (tertiary/aromatic N) is 2. The Hall–Kier alpha value is -2.64. The van der Waals surface area contributed by atoms with Crippen LogP contribution in [0.25, 0.3) is 0 Å². The Kier molecular flexibility index (Phi) is 16.8. The van der Waals surface area contributed by atoms with Gasteiger partial charge >= 0.3 is 6.09 Å².